The summed E-state index contributed by atoms with van der Waals surface area (Å²) in [6.45, 7) is 2.65. The van der Waals surface area contributed by atoms with Crippen molar-refractivity contribution in [2.45, 2.75) is 19.9 Å². The molecule has 21 heavy (non-hydrogen) atoms. The van der Waals surface area contributed by atoms with Crippen LogP contribution in [0.1, 0.15) is 23.9 Å². The standard InChI is InChI=1S/C15H18N6/c1-3-13-18-14(20-17)8-15(19-13)21(2)10-12-6-4-5-11(7-12)9-16/h4-8H,3,10,17H2,1-2H3,(H,18,19,20). The predicted octanol–water partition coefficient (Wildman–Crippen LogP) is 1.83. The van der Waals surface area contributed by atoms with Crippen LogP contribution in [0.5, 0.6) is 0 Å². The van der Waals surface area contributed by atoms with Crippen LogP contribution in [-0.4, -0.2) is 17.0 Å². The lowest BCUT2D eigenvalue weighted by atomic mass is 10.1. The zero-order valence-electron chi connectivity index (χ0n) is 12.2. The Morgan fingerprint density at radius 3 is 2.81 bits per heavy atom. The van der Waals surface area contributed by atoms with E-state index in [1.807, 2.05) is 37.1 Å². The third kappa shape index (κ3) is 3.68. The molecule has 0 aliphatic rings. The third-order valence-electron chi connectivity index (χ3n) is 3.09. The van der Waals surface area contributed by atoms with Gasteiger partial charge >= 0.3 is 0 Å². The van der Waals surface area contributed by atoms with Gasteiger partial charge in [-0.3, -0.25) is 0 Å². The van der Waals surface area contributed by atoms with Gasteiger partial charge in [0, 0.05) is 26.1 Å². The number of aryl methyl sites for hydroxylation is 1. The van der Waals surface area contributed by atoms with E-state index in [-0.39, 0.29) is 0 Å². The molecule has 6 nitrogen and oxygen atoms in total. The van der Waals surface area contributed by atoms with Gasteiger partial charge < -0.3 is 10.3 Å². The zero-order valence-corrected chi connectivity index (χ0v) is 12.2. The Morgan fingerprint density at radius 2 is 2.14 bits per heavy atom. The van der Waals surface area contributed by atoms with Crippen molar-refractivity contribution >= 4 is 11.6 Å². The van der Waals surface area contributed by atoms with Gasteiger partial charge in [-0.15, -0.1) is 0 Å². The van der Waals surface area contributed by atoms with Crippen LogP contribution in [0, 0.1) is 11.3 Å². The number of aromatic nitrogens is 2. The fourth-order valence-electron chi connectivity index (χ4n) is 2.00. The predicted molar refractivity (Wildman–Crippen MR) is 82.5 cm³/mol. The van der Waals surface area contributed by atoms with Crippen molar-refractivity contribution in [3.05, 3.63) is 47.3 Å². The van der Waals surface area contributed by atoms with Gasteiger partial charge in [-0.1, -0.05) is 19.1 Å². The van der Waals surface area contributed by atoms with Crippen molar-refractivity contribution in [3.63, 3.8) is 0 Å². The van der Waals surface area contributed by atoms with Crippen LogP contribution in [-0.2, 0) is 13.0 Å². The highest BCUT2D eigenvalue weighted by Gasteiger charge is 2.08. The highest BCUT2D eigenvalue weighted by molar-refractivity contribution is 5.49. The van der Waals surface area contributed by atoms with Crippen molar-refractivity contribution in [3.8, 4) is 6.07 Å². The second-order valence-electron chi connectivity index (χ2n) is 4.69. The maximum Gasteiger partial charge on any atom is 0.145 e. The van der Waals surface area contributed by atoms with Crippen molar-refractivity contribution in [2.24, 2.45) is 5.84 Å². The molecule has 1 aromatic carbocycles. The van der Waals surface area contributed by atoms with Crippen molar-refractivity contribution < 1.29 is 0 Å². The SMILES string of the molecule is CCc1nc(NN)cc(N(C)Cc2cccc(C#N)c2)n1. The molecule has 0 unspecified atom stereocenters. The second-order valence-corrected chi connectivity index (χ2v) is 4.69. The monoisotopic (exact) mass is 282 g/mol. The van der Waals surface area contributed by atoms with Crippen LogP contribution < -0.4 is 16.2 Å². The van der Waals surface area contributed by atoms with E-state index in [9.17, 15) is 0 Å². The fraction of sp³-hybridized carbons (Fsp3) is 0.267. The minimum Gasteiger partial charge on any atom is -0.355 e. The average Bonchev–Trinajstić information content (AvgIpc) is 2.54. The highest BCUT2D eigenvalue weighted by atomic mass is 15.3. The van der Waals surface area contributed by atoms with Gasteiger partial charge in [0.05, 0.1) is 11.6 Å². The van der Waals surface area contributed by atoms with E-state index in [4.69, 9.17) is 11.1 Å². The first-order chi connectivity index (χ1) is 10.2. The molecule has 0 spiro atoms. The summed E-state index contributed by atoms with van der Waals surface area (Å²) >= 11 is 0. The summed E-state index contributed by atoms with van der Waals surface area (Å²) in [6, 6.07) is 11.5. The number of hydrazine groups is 1. The van der Waals surface area contributed by atoms with Crippen LogP contribution in [0.4, 0.5) is 11.6 Å². The number of hydrogen-bond donors (Lipinski definition) is 2. The summed E-state index contributed by atoms with van der Waals surface area (Å²) in [5.74, 6) is 7.55. The Balaban J connectivity index is 2.23. The van der Waals surface area contributed by atoms with E-state index in [1.165, 1.54) is 0 Å². The third-order valence-corrected chi connectivity index (χ3v) is 3.09. The maximum absolute atomic E-state index is 8.94. The lowest BCUT2D eigenvalue weighted by molar-refractivity contribution is 0.858. The molecule has 108 valence electrons. The van der Waals surface area contributed by atoms with E-state index in [0.717, 1.165) is 23.6 Å². The fourth-order valence-corrected chi connectivity index (χ4v) is 2.00. The molecule has 0 amide bonds. The van der Waals surface area contributed by atoms with E-state index in [0.29, 0.717) is 17.9 Å². The summed E-state index contributed by atoms with van der Waals surface area (Å²) < 4.78 is 0. The molecule has 0 atom stereocenters. The molecule has 0 saturated carbocycles. The Morgan fingerprint density at radius 1 is 1.33 bits per heavy atom. The minimum atomic E-state index is 0.592. The summed E-state index contributed by atoms with van der Waals surface area (Å²) in [6.07, 6.45) is 0.736. The largest absolute Gasteiger partial charge is 0.355 e. The molecular weight excluding hydrogens is 264 g/mol. The molecule has 1 aromatic heterocycles. The van der Waals surface area contributed by atoms with Crippen molar-refractivity contribution in [1.29, 1.82) is 5.26 Å². The normalized spacial score (nSPS) is 10.0. The number of nitrogens with zero attached hydrogens (tertiary/aromatic N) is 4. The topological polar surface area (TPSA) is 90.9 Å². The van der Waals surface area contributed by atoms with Gasteiger partial charge in [-0.05, 0) is 17.7 Å². The van der Waals surface area contributed by atoms with E-state index < -0.39 is 0 Å². The van der Waals surface area contributed by atoms with Gasteiger partial charge in [0.25, 0.3) is 0 Å². The molecule has 2 rings (SSSR count). The van der Waals surface area contributed by atoms with Gasteiger partial charge in [-0.2, -0.15) is 5.26 Å². The molecule has 0 bridgehead atoms. The van der Waals surface area contributed by atoms with Crippen LogP contribution in [0.15, 0.2) is 30.3 Å². The first-order valence-corrected chi connectivity index (χ1v) is 6.71. The molecule has 3 N–H and O–H groups in total. The second kappa shape index (κ2) is 6.68. The van der Waals surface area contributed by atoms with E-state index in [2.05, 4.69) is 21.5 Å². The lowest BCUT2D eigenvalue weighted by Crippen LogP contribution is -2.20. The molecule has 6 heteroatoms. The van der Waals surface area contributed by atoms with Crippen LogP contribution in [0.25, 0.3) is 0 Å². The Kier molecular flexibility index (Phi) is 4.69. The van der Waals surface area contributed by atoms with Crippen LogP contribution >= 0.6 is 0 Å². The molecule has 0 fully saturated rings. The highest BCUT2D eigenvalue weighted by Crippen LogP contribution is 2.17. The molecule has 0 aliphatic carbocycles. The molecular formula is C15H18N6. The van der Waals surface area contributed by atoms with Gasteiger partial charge in [0.1, 0.15) is 17.5 Å². The smallest absolute Gasteiger partial charge is 0.145 e. The molecule has 1 heterocycles. The van der Waals surface area contributed by atoms with Gasteiger partial charge in [-0.25, -0.2) is 15.8 Å². The number of rotatable bonds is 5. The molecule has 0 saturated heterocycles. The van der Waals surface area contributed by atoms with Crippen molar-refractivity contribution in [2.75, 3.05) is 17.4 Å². The summed E-state index contributed by atoms with van der Waals surface area (Å²) in [7, 11) is 1.95. The molecule has 2 aromatic rings. The lowest BCUT2D eigenvalue weighted by Gasteiger charge is -2.19. The molecule has 0 radical (unpaired) electrons. The average molecular weight is 282 g/mol. The Bertz CT molecular complexity index is 639. The number of nitrogens with one attached hydrogen (secondary N) is 1. The van der Waals surface area contributed by atoms with E-state index >= 15 is 0 Å². The number of benzene rings is 1. The molecule has 0 aliphatic heterocycles. The summed E-state index contributed by atoms with van der Waals surface area (Å²) in [4.78, 5) is 10.8. The van der Waals surface area contributed by atoms with E-state index in [1.54, 1.807) is 12.1 Å². The quantitative estimate of drug-likeness (QED) is 0.642. The van der Waals surface area contributed by atoms with Gasteiger partial charge in [0.15, 0.2) is 0 Å². The van der Waals surface area contributed by atoms with Crippen molar-refractivity contribution in [1.82, 2.24) is 9.97 Å². The maximum atomic E-state index is 8.94. The minimum absolute atomic E-state index is 0.592. The van der Waals surface area contributed by atoms with Crippen LogP contribution in [0.2, 0.25) is 0 Å². The number of hydrogen-bond acceptors (Lipinski definition) is 6. The number of anilines is 2. The number of nitrogen functional groups attached to an aromatic ring is 1. The first-order valence-electron chi connectivity index (χ1n) is 6.71. The first kappa shape index (κ1) is 14.8. The zero-order chi connectivity index (χ0) is 15.2. The Hall–Kier alpha value is -2.65. The van der Waals surface area contributed by atoms with Crippen LogP contribution in [0.3, 0.4) is 0 Å². The summed E-state index contributed by atoms with van der Waals surface area (Å²) in [5, 5.41) is 8.94. The summed E-state index contributed by atoms with van der Waals surface area (Å²) in [5.41, 5.74) is 4.26. The number of nitriles is 1. The van der Waals surface area contributed by atoms with Gasteiger partial charge in [0.2, 0.25) is 0 Å². The Labute approximate surface area is 124 Å². The number of nitrogens with two attached hydrogens (primary N) is 1.